The molecule has 0 atom stereocenters. The van der Waals surface area contributed by atoms with Crippen LogP contribution in [0.3, 0.4) is 0 Å². The molecule has 0 saturated heterocycles. The second-order valence-electron chi connectivity index (χ2n) is 4.38. The maximum Gasteiger partial charge on any atom is 0.303 e. The number of rotatable bonds is 9. The van der Waals surface area contributed by atoms with E-state index in [0.717, 1.165) is 18.5 Å². The summed E-state index contributed by atoms with van der Waals surface area (Å²) in [4.78, 5) is 26.0. The number of hydrogen-bond acceptors (Lipinski definition) is 3. The number of carboxylic acid groups (broad SMARTS) is 1. The number of hydrogen-bond donors (Lipinski definition) is 2. The van der Waals surface area contributed by atoms with Crippen LogP contribution in [-0.2, 0) is 16.0 Å². The van der Waals surface area contributed by atoms with Gasteiger partial charge in [-0.15, -0.1) is 0 Å². The molecule has 0 bridgehead atoms. The van der Waals surface area contributed by atoms with Crippen LogP contribution < -0.4 is 5.32 Å². The van der Waals surface area contributed by atoms with Crippen LogP contribution in [0, 0.1) is 0 Å². The summed E-state index contributed by atoms with van der Waals surface area (Å²) in [6.45, 7) is 0.612. The molecule has 0 aromatic carbocycles. The standard InChI is InChI=1S/C14H20N2O3/c17-13(9-8-12-6-3-5-10-15-12)16-11-4-1-2-7-14(18)19/h3,5-6,10H,1-2,4,7-9,11H2,(H,16,17)(H,18,19). The van der Waals surface area contributed by atoms with Gasteiger partial charge in [-0.1, -0.05) is 12.5 Å². The van der Waals surface area contributed by atoms with Crippen molar-refractivity contribution >= 4 is 11.9 Å². The maximum atomic E-state index is 11.5. The number of carboxylic acids is 1. The third-order valence-corrected chi connectivity index (χ3v) is 2.72. The molecule has 1 heterocycles. The molecule has 2 N–H and O–H groups in total. The lowest BCUT2D eigenvalue weighted by molar-refractivity contribution is -0.137. The molecule has 0 aliphatic carbocycles. The van der Waals surface area contributed by atoms with Gasteiger partial charge in [0.05, 0.1) is 0 Å². The Kier molecular flexibility index (Phi) is 7.24. The van der Waals surface area contributed by atoms with E-state index in [-0.39, 0.29) is 12.3 Å². The lowest BCUT2D eigenvalue weighted by Crippen LogP contribution is -2.24. The number of carbonyl (C=O) groups excluding carboxylic acids is 1. The first kappa shape index (κ1) is 15.1. The van der Waals surface area contributed by atoms with Crippen molar-refractivity contribution in [2.45, 2.75) is 38.5 Å². The monoisotopic (exact) mass is 264 g/mol. The van der Waals surface area contributed by atoms with E-state index in [2.05, 4.69) is 10.3 Å². The van der Waals surface area contributed by atoms with Gasteiger partial charge < -0.3 is 10.4 Å². The van der Waals surface area contributed by atoms with E-state index in [1.165, 1.54) is 0 Å². The zero-order valence-corrected chi connectivity index (χ0v) is 11.0. The normalized spacial score (nSPS) is 10.1. The van der Waals surface area contributed by atoms with Gasteiger partial charge in [0.15, 0.2) is 0 Å². The molecule has 1 aromatic heterocycles. The molecule has 5 heteroatoms. The van der Waals surface area contributed by atoms with E-state index in [1.54, 1.807) is 6.20 Å². The highest BCUT2D eigenvalue weighted by molar-refractivity contribution is 5.76. The Morgan fingerprint density at radius 2 is 2.00 bits per heavy atom. The molecule has 1 rings (SSSR count). The first-order valence-electron chi connectivity index (χ1n) is 6.57. The predicted molar refractivity (Wildman–Crippen MR) is 71.7 cm³/mol. The minimum absolute atomic E-state index is 0.0175. The van der Waals surface area contributed by atoms with E-state index in [9.17, 15) is 9.59 Å². The molecule has 0 unspecified atom stereocenters. The molecular weight excluding hydrogens is 244 g/mol. The third kappa shape index (κ3) is 7.91. The molecule has 104 valence electrons. The van der Waals surface area contributed by atoms with Crippen LogP contribution in [0.25, 0.3) is 0 Å². The van der Waals surface area contributed by atoms with Crippen molar-refractivity contribution in [3.05, 3.63) is 30.1 Å². The number of aryl methyl sites for hydroxylation is 1. The van der Waals surface area contributed by atoms with Crippen LogP contribution >= 0.6 is 0 Å². The Balaban J connectivity index is 2.01. The number of aromatic nitrogens is 1. The lowest BCUT2D eigenvalue weighted by atomic mass is 10.2. The van der Waals surface area contributed by atoms with Crippen molar-refractivity contribution in [3.63, 3.8) is 0 Å². The van der Waals surface area contributed by atoms with Crippen LogP contribution in [0.15, 0.2) is 24.4 Å². The number of pyridine rings is 1. The fourth-order valence-corrected chi connectivity index (χ4v) is 1.68. The van der Waals surface area contributed by atoms with Gasteiger partial charge in [-0.2, -0.15) is 0 Å². The number of nitrogens with one attached hydrogen (secondary N) is 1. The highest BCUT2D eigenvalue weighted by atomic mass is 16.4. The molecular formula is C14H20N2O3. The number of aliphatic carboxylic acids is 1. The quantitative estimate of drug-likeness (QED) is 0.666. The SMILES string of the molecule is O=C(O)CCCCCNC(=O)CCc1ccccn1. The van der Waals surface area contributed by atoms with E-state index in [0.29, 0.717) is 25.8 Å². The Labute approximate surface area is 113 Å². The van der Waals surface area contributed by atoms with Gasteiger partial charge >= 0.3 is 5.97 Å². The first-order valence-corrected chi connectivity index (χ1v) is 6.57. The van der Waals surface area contributed by atoms with Crippen LogP contribution in [0.4, 0.5) is 0 Å². The van der Waals surface area contributed by atoms with Crippen molar-refractivity contribution < 1.29 is 14.7 Å². The molecule has 0 fully saturated rings. The van der Waals surface area contributed by atoms with Gasteiger partial charge in [0.25, 0.3) is 0 Å². The summed E-state index contributed by atoms with van der Waals surface area (Å²) in [5.41, 5.74) is 0.916. The second-order valence-corrected chi connectivity index (χ2v) is 4.38. The van der Waals surface area contributed by atoms with Gasteiger partial charge in [0, 0.05) is 31.3 Å². The van der Waals surface area contributed by atoms with Gasteiger partial charge in [0.2, 0.25) is 5.91 Å². The van der Waals surface area contributed by atoms with Crippen LogP contribution in [0.1, 0.15) is 37.8 Å². The van der Waals surface area contributed by atoms with Gasteiger partial charge in [-0.3, -0.25) is 14.6 Å². The Morgan fingerprint density at radius 1 is 1.16 bits per heavy atom. The molecule has 0 aliphatic heterocycles. The summed E-state index contributed by atoms with van der Waals surface area (Å²) in [5, 5.41) is 11.3. The largest absolute Gasteiger partial charge is 0.481 e. The summed E-state index contributed by atoms with van der Waals surface area (Å²) in [5.74, 6) is -0.747. The maximum absolute atomic E-state index is 11.5. The Morgan fingerprint density at radius 3 is 2.68 bits per heavy atom. The average Bonchev–Trinajstić information content (AvgIpc) is 2.41. The number of amides is 1. The zero-order valence-electron chi connectivity index (χ0n) is 11.0. The van der Waals surface area contributed by atoms with E-state index >= 15 is 0 Å². The lowest BCUT2D eigenvalue weighted by Gasteiger charge is -2.04. The molecule has 1 aromatic rings. The fourth-order valence-electron chi connectivity index (χ4n) is 1.68. The summed E-state index contributed by atoms with van der Waals surface area (Å²) < 4.78 is 0. The van der Waals surface area contributed by atoms with E-state index in [1.807, 2.05) is 18.2 Å². The summed E-state index contributed by atoms with van der Waals surface area (Å²) in [6, 6.07) is 5.66. The fraction of sp³-hybridized carbons (Fsp3) is 0.500. The second kappa shape index (κ2) is 9.08. The smallest absolute Gasteiger partial charge is 0.303 e. The molecule has 5 nitrogen and oxygen atoms in total. The summed E-state index contributed by atoms with van der Waals surface area (Å²) in [6.07, 6.45) is 5.32. The molecule has 0 aliphatic rings. The minimum atomic E-state index is -0.764. The number of carbonyl (C=O) groups is 2. The Hall–Kier alpha value is -1.91. The van der Waals surface area contributed by atoms with Crippen LogP contribution in [0.2, 0.25) is 0 Å². The molecule has 0 radical (unpaired) electrons. The van der Waals surface area contributed by atoms with Crippen molar-refractivity contribution in [3.8, 4) is 0 Å². The predicted octanol–water partition coefficient (Wildman–Crippen LogP) is 1.78. The van der Waals surface area contributed by atoms with Gasteiger partial charge in [0.1, 0.15) is 0 Å². The third-order valence-electron chi connectivity index (χ3n) is 2.72. The summed E-state index contributed by atoms with van der Waals surface area (Å²) in [7, 11) is 0. The van der Waals surface area contributed by atoms with Crippen LogP contribution in [0.5, 0.6) is 0 Å². The highest BCUT2D eigenvalue weighted by Gasteiger charge is 2.02. The van der Waals surface area contributed by atoms with E-state index in [4.69, 9.17) is 5.11 Å². The van der Waals surface area contributed by atoms with E-state index < -0.39 is 5.97 Å². The van der Waals surface area contributed by atoms with Gasteiger partial charge in [-0.25, -0.2) is 0 Å². The summed E-state index contributed by atoms with van der Waals surface area (Å²) >= 11 is 0. The van der Waals surface area contributed by atoms with Crippen molar-refractivity contribution in [2.75, 3.05) is 6.54 Å². The van der Waals surface area contributed by atoms with Crippen LogP contribution in [-0.4, -0.2) is 28.5 Å². The molecule has 0 spiro atoms. The highest BCUT2D eigenvalue weighted by Crippen LogP contribution is 2.00. The van der Waals surface area contributed by atoms with Gasteiger partial charge in [-0.05, 0) is 31.4 Å². The van der Waals surface area contributed by atoms with Crippen molar-refractivity contribution in [1.82, 2.24) is 10.3 Å². The first-order chi connectivity index (χ1) is 9.18. The molecule has 0 saturated carbocycles. The zero-order chi connectivity index (χ0) is 13.9. The average molecular weight is 264 g/mol. The Bertz CT molecular complexity index is 393. The number of unbranched alkanes of at least 4 members (excludes halogenated alkanes) is 2. The minimum Gasteiger partial charge on any atom is -0.481 e. The number of nitrogens with zero attached hydrogens (tertiary/aromatic N) is 1. The molecule has 1 amide bonds. The van der Waals surface area contributed by atoms with Crippen molar-refractivity contribution in [1.29, 1.82) is 0 Å². The topological polar surface area (TPSA) is 79.3 Å². The van der Waals surface area contributed by atoms with Crippen molar-refractivity contribution in [2.24, 2.45) is 0 Å². The molecule has 19 heavy (non-hydrogen) atoms.